The van der Waals surface area contributed by atoms with Gasteiger partial charge < -0.3 is 5.11 Å². The summed E-state index contributed by atoms with van der Waals surface area (Å²) in [7, 11) is -3.89. The summed E-state index contributed by atoms with van der Waals surface area (Å²) < 4.78 is 28.2. The summed E-state index contributed by atoms with van der Waals surface area (Å²) in [5, 5.41) is 13.5. The lowest BCUT2D eigenvalue weighted by atomic mass is 10.0. The van der Waals surface area contributed by atoms with Gasteiger partial charge in [-0.2, -0.15) is 0 Å². The number of para-hydroxylation sites is 1. The zero-order valence-corrected chi connectivity index (χ0v) is 16.3. The van der Waals surface area contributed by atoms with Crippen LogP contribution in [0.1, 0.15) is 11.7 Å². The summed E-state index contributed by atoms with van der Waals surface area (Å²) in [5.41, 5.74) is 0.960. The summed E-state index contributed by atoms with van der Waals surface area (Å²) in [6.07, 6.45) is 0.474. The van der Waals surface area contributed by atoms with E-state index in [9.17, 15) is 13.5 Å². The van der Waals surface area contributed by atoms with Gasteiger partial charge in [0, 0.05) is 18.1 Å². The third-order valence-electron chi connectivity index (χ3n) is 4.62. The highest BCUT2D eigenvalue weighted by Gasteiger charge is 2.21. The van der Waals surface area contributed by atoms with E-state index in [1.165, 1.54) is 12.3 Å². The van der Waals surface area contributed by atoms with E-state index in [4.69, 9.17) is 11.6 Å². The average Bonchev–Trinajstić information content (AvgIpc) is 2.71. The second kappa shape index (κ2) is 7.48. The Labute approximate surface area is 167 Å². The van der Waals surface area contributed by atoms with Crippen LogP contribution in [-0.2, 0) is 10.0 Å². The molecule has 0 aliphatic carbocycles. The first-order valence-corrected chi connectivity index (χ1v) is 10.5. The number of fused-ring (bicyclic) bond motifs is 2. The molecule has 0 aliphatic heterocycles. The number of hydrogen-bond donors (Lipinski definition) is 2. The van der Waals surface area contributed by atoms with Crippen LogP contribution in [-0.4, -0.2) is 25.1 Å². The van der Waals surface area contributed by atoms with Crippen molar-refractivity contribution in [1.82, 2.24) is 9.71 Å². The SMILES string of the molecule is O=S(=O)(NCC(O)c1cccc2ccccc12)c1cccc2c(Cl)ccnc12. The zero-order valence-electron chi connectivity index (χ0n) is 14.7. The molecule has 0 fully saturated rings. The van der Waals surface area contributed by atoms with Gasteiger partial charge in [0.25, 0.3) is 0 Å². The number of pyridine rings is 1. The molecule has 0 saturated carbocycles. The molecule has 3 aromatic carbocycles. The molecule has 0 saturated heterocycles. The summed E-state index contributed by atoms with van der Waals surface area (Å²) in [4.78, 5) is 4.19. The number of nitrogens with one attached hydrogen (secondary N) is 1. The van der Waals surface area contributed by atoms with Crippen LogP contribution in [0.5, 0.6) is 0 Å². The summed E-state index contributed by atoms with van der Waals surface area (Å²) >= 11 is 6.15. The number of rotatable bonds is 5. The van der Waals surface area contributed by atoms with Crippen LogP contribution in [0.25, 0.3) is 21.7 Å². The predicted molar refractivity (Wildman–Crippen MR) is 111 cm³/mol. The van der Waals surface area contributed by atoms with Crippen molar-refractivity contribution in [2.24, 2.45) is 0 Å². The molecule has 7 heteroatoms. The van der Waals surface area contributed by atoms with Crippen LogP contribution in [0.4, 0.5) is 0 Å². The minimum absolute atomic E-state index is 0.0256. The Morgan fingerprint density at radius 3 is 2.54 bits per heavy atom. The molecule has 28 heavy (non-hydrogen) atoms. The molecule has 2 N–H and O–H groups in total. The van der Waals surface area contributed by atoms with Crippen LogP contribution in [0.2, 0.25) is 5.02 Å². The summed E-state index contributed by atoms with van der Waals surface area (Å²) in [5.74, 6) is 0. The van der Waals surface area contributed by atoms with Crippen LogP contribution >= 0.6 is 11.6 Å². The van der Waals surface area contributed by atoms with Gasteiger partial charge in [0.1, 0.15) is 4.90 Å². The maximum atomic E-state index is 12.9. The highest BCUT2D eigenvalue weighted by molar-refractivity contribution is 7.89. The molecular formula is C21H17ClN2O3S. The number of aromatic nitrogens is 1. The van der Waals surface area contributed by atoms with E-state index in [1.54, 1.807) is 24.3 Å². The third-order valence-corrected chi connectivity index (χ3v) is 6.40. The van der Waals surface area contributed by atoms with E-state index in [0.29, 0.717) is 21.5 Å². The number of aliphatic hydroxyl groups excluding tert-OH is 1. The molecular weight excluding hydrogens is 396 g/mol. The minimum Gasteiger partial charge on any atom is -0.387 e. The van der Waals surface area contributed by atoms with Crippen molar-refractivity contribution in [3.05, 3.63) is 83.5 Å². The van der Waals surface area contributed by atoms with Gasteiger partial charge in [-0.25, -0.2) is 13.1 Å². The maximum absolute atomic E-state index is 12.9. The van der Waals surface area contributed by atoms with E-state index in [0.717, 1.165) is 10.8 Å². The van der Waals surface area contributed by atoms with Crippen molar-refractivity contribution >= 4 is 43.3 Å². The Morgan fingerprint density at radius 2 is 1.68 bits per heavy atom. The van der Waals surface area contributed by atoms with Crippen molar-refractivity contribution in [3.63, 3.8) is 0 Å². The molecule has 0 amide bonds. The van der Waals surface area contributed by atoms with E-state index in [-0.39, 0.29) is 11.4 Å². The quantitative estimate of drug-likeness (QED) is 0.518. The van der Waals surface area contributed by atoms with Crippen molar-refractivity contribution in [2.45, 2.75) is 11.0 Å². The van der Waals surface area contributed by atoms with Gasteiger partial charge in [0.15, 0.2) is 0 Å². The van der Waals surface area contributed by atoms with Gasteiger partial charge in [0.05, 0.1) is 16.6 Å². The number of nitrogens with zero attached hydrogens (tertiary/aromatic N) is 1. The minimum atomic E-state index is -3.89. The van der Waals surface area contributed by atoms with Gasteiger partial charge in [-0.1, -0.05) is 66.2 Å². The van der Waals surface area contributed by atoms with Crippen molar-refractivity contribution in [3.8, 4) is 0 Å². The van der Waals surface area contributed by atoms with Gasteiger partial charge in [-0.15, -0.1) is 0 Å². The molecule has 4 rings (SSSR count). The van der Waals surface area contributed by atoms with Crippen molar-refractivity contribution < 1.29 is 13.5 Å². The van der Waals surface area contributed by atoms with Crippen LogP contribution < -0.4 is 4.72 Å². The Kier molecular flexibility index (Phi) is 5.03. The van der Waals surface area contributed by atoms with Crippen LogP contribution in [0.15, 0.2) is 77.8 Å². The molecule has 142 valence electrons. The van der Waals surface area contributed by atoms with Crippen LogP contribution in [0.3, 0.4) is 0 Å². The third kappa shape index (κ3) is 3.47. The predicted octanol–water partition coefficient (Wildman–Crippen LogP) is 4.05. The fraction of sp³-hybridized carbons (Fsp3) is 0.0952. The first-order chi connectivity index (χ1) is 13.5. The molecule has 0 radical (unpaired) electrons. The lowest BCUT2D eigenvalue weighted by Crippen LogP contribution is -2.29. The fourth-order valence-electron chi connectivity index (χ4n) is 3.25. The second-order valence-electron chi connectivity index (χ2n) is 6.38. The van der Waals surface area contributed by atoms with E-state index in [2.05, 4.69) is 9.71 Å². The molecule has 1 unspecified atom stereocenters. The molecule has 4 aromatic rings. The van der Waals surface area contributed by atoms with Crippen LogP contribution in [0, 0.1) is 0 Å². The lowest BCUT2D eigenvalue weighted by Gasteiger charge is -2.15. The van der Waals surface area contributed by atoms with E-state index < -0.39 is 16.1 Å². The molecule has 1 aromatic heterocycles. The first kappa shape index (κ1) is 18.8. The number of aliphatic hydroxyl groups is 1. The summed E-state index contributed by atoms with van der Waals surface area (Å²) in [6.45, 7) is -0.159. The molecule has 1 atom stereocenters. The maximum Gasteiger partial charge on any atom is 0.242 e. The standard InChI is InChI=1S/C21H17ClN2O3S/c22-18-11-12-23-21-17(18)9-4-10-20(21)28(26,27)24-13-19(25)16-8-3-6-14-5-1-2-7-15(14)16/h1-12,19,24-25H,13H2. The topological polar surface area (TPSA) is 79.3 Å². The van der Waals surface area contributed by atoms with Gasteiger partial charge in [0.2, 0.25) is 10.0 Å². The first-order valence-electron chi connectivity index (χ1n) is 8.66. The Morgan fingerprint density at radius 1 is 0.964 bits per heavy atom. The lowest BCUT2D eigenvalue weighted by molar-refractivity contribution is 0.183. The molecule has 5 nitrogen and oxygen atoms in total. The van der Waals surface area contributed by atoms with Crippen molar-refractivity contribution in [1.29, 1.82) is 0 Å². The van der Waals surface area contributed by atoms with E-state index >= 15 is 0 Å². The largest absolute Gasteiger partial charge is 0.387 e. The number of halogens is 1. The number of benzene rings is 3. The smallest absolute Gasteiger partial charge is 0.242 e. The van der Waals surface area contributed by atoms with Crippen molar-refractivity contribution in [2.75, 3.05) is 6.54 Å². The molecule has 0 aliphatic rings. The fourth-order valence-corrected chi connectivity index (χ4v) is 4.67. The highest BCUT2D eigenvalue weighted by Crippen LogP contribution is 2.27. The summed E-state index contributed by atoms with van der Waals surface area (Å²) in [6, 6.07) is 19.6. The zero-order chi connectivity index (χ0) is 19.7. The monoisotopic (exact) mass is 412 g/mol. The van der Waals surface area contributed by atoms with Gasteiger partial charge in [-0.05, 0) is 28.5 Å². The Bertz CT molecular complexity index is 1270. The van der Waals surface area contributed by atoms with Gasteiger partial charge >= 0.3 is 0 Å². The highest BCUT2D eigenvalue weighted by atomic mass is 35.5. The normalized spacial score (nSPS) is 13.1. The molecule has 1 heterocycles. The Balaban J connectivity index is 1.63. The Hall–Kier alpha value is -2.51. The number of sulfonamides is 1. The molecule has 0 bridgehead atoms. The average molecular weight is 413 g/mol. The van der Waals surface area contributed by atoms with E-state index in [1.807, 2.05) is 36.4 Å². The van der Waals surface area contributed by atoms with Gasteiger partial charge in [-0.3, -0.25) is 4.98 Å². The molecule has 0 spiro atoms. The number of hydrogen-bond acceptors (Lipinski definition) is 4. The second-order valence-corrected chi connectivity index (χ2v) is 8.52.